The zero-order valence-electron chi connectivity index (χ0n) is 17.3. The molecule has 0 saturated carbocycles. The average molecular weight is 515 g/mol. The summed E-state index contributed by atoms with van der Waals surface area (Å²) in [4.78, 5) is 20.6. The third-order valence-corrected chi connectivity index (χ3v) is 5.64. The molecule has 2 saturated heterocycles. The van der Waals surface area contributed by atoms with Crippen molar-refractivity contribution in [3.63, 3.8) is 0 Å². The van der Waals surface area contributed by atoms with E-state index in [9.17, 15) is 4.79 Å². The second kappa shape index (κ2) is 12.3. The number of hydrogen-bond acceptors (Lipinski definition) is 4. The van der Waals surface area contributed by atoms with Crippen molar-refractivity contribution in [2.75, 3.05) is 53.0 Å². The van der Waals surface area contributed by atoms with Crippen molar-refractivity contribution in [3.05, 3.63) is 35.9 Å². The minimum atomic E-state index is -0.216. The van der Waals surface area contributed by atoms with Gasteiger partial charge in [0.05, 0.1) is 19.3 Å². The van der Waals surface area contributed by atoms with Gasteiger partial charge in [0.25, 0.3) is 0 Å². The molecule has 0 bridgehead atoms. The molecule has 0 aromatic heterocycles. The number of piperidine rings is 1. The summed E-state index contributed by atoms with van der Waals surface area (Å²) in [5.41, 5.74) is 6.71. The summed E-state index contributed by atoms with van der Waals surface area (Å²) >= 11 is 0. The summed E-state index contributed by atoms with van der Waals surface area (Å²) in [6.07, 6.45) is 2.56. The highest BCUT2D eigenvalue weighted by Crippen LogP contribution is 2.22. The molecule has 3 rings (SSSR count). The Labute approximate surface area is 191 Å². The fraction of sp³-hybridized carbons (Fsp3) is 0.619. The van der Waals surface area contributed by atoms with Crippen LogP contribution in [0.15, 0.2) is 35.3 Å². The van der Waals surface area contributed by atoms with Crippen LogP contribution >= 0.6 is 24.0 Å². The van der Waals surface area contributed by atoms with E-state index in [0.29, 0.717) is 12.3 Å². The van der Waals surface area contributed by atoms with E-state index in [0.717, 1.165) is 64.7 Å². The predicted molar refractivity (Wildman–Crippen MR) is 126 cm³/mol. The second-order valence-electron chi connectivity index (χ2n) is 7.63. The molecule has 0 spiro atoms. The Hall–Kier alpha value is -1.39. The zero-order chi connectivity index (χ0) is 19.8. The Morgan fingerprint density at radius 3 is 2.66 bits per heavy atom. The highest BCUT2D eigenvalue weighted by molar-refractivity contribution is 14.0. The molecule has 0 aliphatic carbocycles. The van der Waals surface area contributed by atoms with Gasteiger partial charge in [0, 0.05) is 46.2 Å². The summed E-state index contributed by atoms with van der Waals surface area (Å²) in [7, 11) is 1.83. The van der Waals surface area contributed by atoms with Crippen molar-refractivity contribution < 1.29 is 9.53 Å². The van der Waals surface area contributed by atoms with Crippen LogP contribution in [0.4, 0.5) is 0 Å². The summed E-state index contributed by atoms with van der Waals surface area (Å²) in [6, 6.07) is 10.9. The first-order valence-electron chi connectivity index (χ1n) is 10.3. The number of carbonyl (C=O) groups is 1. The Kier molecular flexibility index (Phi) is 10.2. The number of nitrogens with zero attached hydrogens (tertiary/aromatic N) is 3. The van der Waals surface area contributed by atoms with Gasteiger partial charge in [-0.3, -0.25) is 14.7 Å². The second-order valence-corrected chi connectivity index (χ2v) is 7.63. The predicted octanol–water partition coefficient (Wildman–Crippen LogP) is 1.84. The molecule has 0 radical (unpaired) electrons. The number of ether oxygens (including phenoxy) is 1. The van der Waals surface area contributed by atoms with Crippen LogP contribution in [0, 0.1) is 5.92 Å². The molecule has 1 amide bonds. The lowest BCUT2D eigenvalue weighted by atomic mass is 9.95. The number of nitrogens with two attached hydrogens (primary N) is 1. The first kappa shape index (κ1) is 23.9. The molecule has 2 atom stereocenters. The zero-order valence-corrected chi connectivity index (χ0v) is 19.6. The van der Waals surface area contributed by atoms with Gasteiger partial charge >= 0.3 is 0 Å². The molecule has 162 valence electrons. The first-order chi connectivity index (χ1) is 13.7. The van der Waals surface area contributed by atoms with Crippen LogP contribution < -0.4 is 11.1 Å². The molecule has 29 heavy (non-hydrogen) atoms. The quantitative estimate of drug-likeness (QED) is 0.343. The highest BCUT2D eigenvalue weighted by Gasteiger charge is 2.26. The third-order valence-electron chi connectivity index (χ3n) is 5.64. The van der Waals surface area contributed by atoms with Gasteiger partial charge in [-0.25, -0.2) is 0 Å². The van der Waals surface area contributed by atoms with E-state index in [2.05, 4.69) is 50.4 Å². The number of primary amides is 1. The van der Waals surface area contributed by atoms with Crippen LogP contribution in [0.2, 0.25) is 0 Å². The minimum absolute atomic E-state index is 0. The summed E-state index contributed by atoms with van der Waals surface area (Å²) in [6.45, 7) is 6.00. The van der Waals surface area contributed by atoms with Crippen LogP contribution in [-0.2, 0) is 9.53 Å². The van der Waals surface area contributed by atoms with Crippen LogP contribution in [0.1, 0.15) is 30.9 Å². The van der Waals surface area contributed by atoms with E-state index < -0.39 is 0 Å². The number of morpholine rings is 1. The maximum Gasteiger partial charge on any atom is 0.217 e. The molecule has 1 aromatic rings. The van der Waals surface area contributed by atoms with Crippen molar-refractivity contribution in [1.29, 1.82) is 0 Å². The van der Waals surface area contributed by atoms with E-state index in [1.54, 1.807) is 0 Å². The molecule has 2 unspecified atom stereocenters. The molecule has 2 heterocycles. The molecule has 2 aliphatic heterocycles. The number of likely N-dealkylation sites (tertiary alicyclic amines) is 1. The molecule has 3 N–H and O–H groups in total. The van der Waals surface area contributed by atoms with Gasteiger partial charge in [-0.2, -0.15) is 0 Å². The smallest absolute Gasteiger partial charge is 0.217 e. The Balaban J connectivity index is 0.00000300. The first-order valence-corrected chi connectivity index (χ1v) is 10.3. The van der Waals surface area contributed by atoms with Crippen molar-refractivity contribution >= 4 is 35.8 Å². The Morgan fingerprint density at radius 1 is 1.28 bits per heavy atom. The number of carbonyl (C=O) groups excluding carboxylic acids is 1. The van der Waals surface area contributed by atoms with E-state index in [4.69, 9.17) is 10.5 Å². The maximum atomic E-state index is 11.3. The topological polar surface area (TPSA) is 83.2 Å². The van der Waals surface area contributed by atoms with Gasteiger partial charge < -0.3 is 20.7 Å². The normalized spacial score (nSPS) is 21.9. The number of aliphatic imine (C=N–C) groups is 1. The largest absolute Gasteiger partial charge is 0.379 e. The van der Waals surface area contributed by atoms with Crippen molar-refractivity contribution in [1.82, 2.24) is 15.1 Å². The van der Waals surface area contributed by atoms with E-state index in [1.807, 2.05) is 7.05 Å². The third kappa shape index (κ3) is 7.11. The van der Waals surface area contributed by atoms with Gasteiger partial charge in [0.15, 0.2) is 5.96 Å². The molecular weight excluding hydrogens is 481 g/mol. The lowest BCUT2D eigenvalue weighted by molar-refractivity contribution is -0.119. The average Bonchev–Trinajstić information content (AvgIpc) is 2.72. The SMILES string of the molecule is CN=C(NCC(c1ccccc1)N1CCOCC1)N1CCCC(CC(N)=O)C1.I. The fourth-order valence-corrected chi connectivity index (χ4v) is 4.25. The fourth-order valence-electron chi connectivity index (χ4n) is 4.25. The molecule has 1 aromatic carbocycles. The van der Waals surface area contributed by atoms with Crippen LogP contribution in [-0.4, -0.2) is 74.7 Å². The Morgan fingerprint density at radius 2 is 2.00 bits per heavy atom. The van der Waals surface area contributed by atoms with Gasteiger partial charge in [-0.1, -0.05) is 30.3 Å². The van der Waals surface area contributed by atoms with E-state index in [1.165, 1.54) is 5.56 Å². The van der Waals surface area contributed by atoms with Gasteiger partial charge in [0.2, 0.25) is 5.91 Å². The van der Waals surface area contributed by atoms with Crippen molar-refractivity contribution in [2.24, 2.45) is 16.6 Å². The number of nitrogens with one attached hydrogen (secondary N) is 1. The summed E-state index contributed by atoms with van der Waals surface area (Å²) in [5, 5.41) is 3.59. The number of hydrogen-bond donors (Lipinski definition) is 2. The maximum absolute atomic E-state index is 11.3. The molecular formula is C21H34IN5O2. The lowest BCUT2D eigenvalue weighted by Crippen LogP contribution is -2.50. The van der Waals surface area contributed by atoms with E-state index >= 15 is 0 Å². The molecule has 8 heteroatoms. The van der Waals surface area contributed by atoms with E-state index in [-0.39, 0.29) is 35.9 Å². The van der Waals surface area contributed by atoms with Crippen molar-refractivity contribution in [2.45, 2.75) is 25.3 Å². The monoisotopic (exact) mass is 515 g/mol. The van der Waals surface area contributed by atoms with Crippen LogP contribution in [0.5, 0.6) is 0 Å². The van der Waals surface area contributed by atoms with Gasteiger partial charge in [-0.15, -0.1) is 24.0 Å². The highest BCUT2D eigenvalue weighted by atomic mass is 127. The van der Waals surface area contributed by atoms with Crippen molar-refractivity contribution in [3.8, 4) is 0 Å². The van der Waals surface area contributed by atoms with Crippen LogP contribution in [0.3, 0.4) is 0 Å². The number of benzene rings is 1. The molecule has 2 fully saturated rings. The minimum Gasteiger partial charge on any atom is -0.379 e. The number of halogens is 1. The molecule has 2 aliphatic rings. The summed E-state index contributed by atoms with van der Waals surface area (Å²) in [5.74, 6) is 1.00. The van der Waals surface area contributed by atoms with Gasteiger partial charge in [-0.05, 0) is 24.3 Å². The molecule has 7 nitrogen and oxygen atoms in total. The van der Waals surface area contributed by atoms with Crippen LogP contribution in [0.25, 0.3) is 0 Å². The number of amides is 1. The standard InChI is InChI=1S/C21H33N5O2.HI/c1-23-21(26-9-5-6-17(16-26)14-20(22)27)24-15-19(18-7-3-2-4-8-18)25-10-12-28-13-11-25;/h2-4,7-8,17,19H,5-6,9-16H2,1H3,(H2,22,27)(H,23,24);1H. The van der Waals surface area contributed by atoms with Gasteiger partial charge in [0.1, 0.15) is 0 Å². The number of rotatable bonds is 6. The lowest BCUT2D eigenvalue weighted by Gasteiger charge is -2.38. The Bertz CT molecular complexity index is 652. The number of guanidine groups is 1. The summed E-state index contributed by atoms with van der Waals surface area (Å²) < 4.78 is 5.54.